The van der Waals surface area contributed by atoms with E-state index in [0.29, 0.717) is 6.42 Å². The predicted molar refractivity (Wildman–Crippen MR) is 209 cm³/mol. The zero-order valence-electron chi connectivity index (χ0n) is 32.7. The smallest absolute Gasteiger partial charge is 0.262 e. The topological polar surface area (TPSA) is 208 Å². The monoisotopic (exact) mass is 766 g/mol. The number of rotatable bonds is 17. The molecule has 1 unspecified atom stereocenters. The van der Waals surface area contributed by atoms with Crippen LogP contribution >= 0.6 is 0 Å². The van der Waals surface area contributed by atoms with Gasteiger partial charge in [0, 0.05) is 38.1 Å². The van der Waals surface area contributed by atoms with Crippen molar-refractivity contribution >= 4 is 11.7 Å². The first-order valence-corrected chi connectivity index (χ1v) is 18.6. The highest BCUT2D eigenvalue weighted by Crippen LogP contribution is 2.38. The Morgan fingerprint density at radius 1 is 1.05 bits per heavy atom. The Labute approximate surface area is 323 Å². The van der Waals surface area contributed by atoms with Crippen molar-refractivity contribution < 1.29 is 49.3 Å². The fourth-order valence-electron chi connectivity index (χ4n) is 6.90. The number of hydrogen-bond donors (Lipinski definition) is 7. The molecule has 1 amide bonds. The highest BCUT2D eigenvalue weighted by Gasteiger charge is 2.50. The number of pyridine rings is 1. The molecular formula is C42H58N2O11. The molecule has 1 aromatic heterocycles. The molecule has 0 saturated carbocycles. The minimum Gasteiger partial charge on any atom is -0.507 e. The van der Waals surface area contributed by atoms with Crippen molar-refractivity contribution in [2.24, 2.45) is 17.8 Å². The summed E-state index contributed by atoms with van der Waals surface area (Å²) in [5.74, 6) is -4.80. The Bertz CT molecular complexity index is 1720. The largest absolute Gasteiger partial charge is 0.507 e. The Morgan fingerprint density at radius 2 is 1.75 bits per heavy atom. The number of ether oxygens (including phenoxy) is 3. The summed E-state index contributed by atoms with van der Waals surface area (Å²) in [6.07, 6.45) is 16.0. The van der Waals surface area contributed by atoms with Crippen LogP contribution in [0.25, 0.3) is 0 Å². The molecule has 7 N–H and O–H groups in total. The molecule has 3 heterocycles. The Morgan fingerprint density at radius 3 is 2.40 bits per heavy atom. The number of amides is 1. The Balaban J connectivity index is 1.57. The molecular weight excluding hydrogens is 708 g/mol. The SMILES string of the molecule is C/C=C\C=C\[C@@H]1O[C@@](O)([C@H](CC)C(=O)NC/C=C/C=C(\C)[C@@H](OC)[C@@H](C)[C@@H]2O[C@H](/C=C/C=C/C=C(\C)C(=O)c3c(O)cc[nH]c3=O)[C@H](O)[C@@H]2O)CC(O)[C@@H]1C. The fraction of sp³-hybridized carbons (Fsp3) is 0.500. The second-order valence-corrected chi connectivity index (χ2v) is 14.1. The number of carbonyl (C=O) groups is 2. The van der Waals surface area contributed by atoms with Crippen LogP contribution in [-0.2, 0) is 19.0 Å². The predicted octanol–water partition coefficient (Wildman–Crippen LogP) is 3.71. The maximum atomic E-state index is 13.2. The number of aliphatic hydroxyl groups excluding tert-OH is 3. The van der Waals surface area contributed by atoms with Crippen LogP contribution in [0.2, 0.25) is 0 Å². The van der Waals surface area contributed by atoms with E-state index in [1.165, 1.54) is 25.3 Å². The van der Waals surface area contributed by atoms with Crippen molar-refractivity contribution in [3.63, 3.8) is 0 Å². The molecule has 2 saturated heterocycles. The first-order chi connectivity index (χ1) is 26.1. The van der Waals surface area contributed by atoms with Crippen molar-refractivity contribution in [1.29, 1.82) is 0 Å². The zero-order valence-corrected chi connectivity index (χ0v) is 32.7. The van der Waals surface area contributed by atoms with Gasteiger partial charge in [0.25, 0.3) is 5.56 Å². The molecule has 11 atom stereocenters. The Hall–Kier alpha value is -4.21. The van der Waals surface area contributed by atoms with Crippen LogP contribution in [0.15, 0.2) is 101 Å². The molecule has 2 fully saturated rings. The first kappa shape index (κ1) is 45.2. The van der Waals surface area contributed by atoms with Crippen molar-refractivity contribution in [2.75, 3.05) is 13.7 Å². The number of hydrogen-bond acceptors (Lipinski definition) is 11. The molecule has 55 heavy (non-hydrogen) atoms. The third-order valence-electron chi connectivity index (χ3n) is 10.2. The summed E-state index contributed by atoms with van der Waals surface area (Å²) in [7, 11) is 1.54. The van der Waals surface area contributed by atoms with Crippen molar-refractivity contribution in [3.05, 3.63) is 112 Å². The quantitative estimate of drug-likeness (QED) is 0.0691. The van der Waals surface area contributed by atoms with Gasteiger partial charge in [0.15, 0.2) is 11.6 Å². The van der Waals surface area contributed by atoms with E-state index in [-0.39, 0.29) is 35.9 Å². The van der Waals surface area contributed by atoms with Gasteiger partial charge in [-0.15, -0.1) is 0 Å². The molecule has 0 radical (unpaired) electrons. The van der Waals surface area contributed by atoms with Crippen LogP contribution < -0.4 is 10.9 Å². The van der Waals surface area contributed by atoms with Gasteiger partial charge in [-0.1, -0.05) is 93.7 Å². The highest BCUT2D eigenvalue weighted by molar-refractivity contribution is 6.09. The molecule has 13 heteroatoms. The van der Waals surface area contributed by atoms with Crippen LogP contribution in [-0.4, -0.2) is 104 Å². The highest BCUT2D eigenvalue weighted by atomic mass is 16.6. The van der Waals surface area contributed by atoms with E-state index in [4.69, 9.17) is 14.2 Å². The van der Waals surface area contributed by atoms with Crippen molar-refractivity contribution in [1.82, 2.24) is 10.3 Å². The molecule has 0 aromatic carbocycles. The first-order valence-electron chi connectivity index (χ1n) is 18.6. The number of H-pyrrole nitrogens is 1. The summed E-state index contributed by atoms with van der Waals surface area (Å²) in [5.41, 5.74) is -0.00347. The van der Waals surface area contributed by atoms with Crippen LogP contribution in [0.1, 0.15) is 64.7 Å². The van der Waals surface area contributed by atoms with Crippen molar-refractivity contribution in [2.45, 2.75) is 103 Å². The third-order valence-corrected chi connectivity index (χ3v) is 10.2. The van der Waals surface area contributed by atoms with E-state index < -0.39 is 77.4 Å². The van der Waals surface area contributed by atoms with Gasteiger partial charge in [0.05, 0.1) is 30.3 Å². The second kappa shape index (κ2) is 21.2. The molecule has 2 aliphatic heterocycles. The van der Waals surface area contributed by atoms with Crippen molar-refractivity contribution in [3.8, 4) is 5.75 Å². The standard InChI is InChI=1S/C42H58N2O11/c1-8-10-12-19-32-27(5)31(46)24-42(52,55-32)29(9-2)40(50)43-22-16-15-18-26(4)38(53-7)28(6)39-37(49)36(48)33(54-39)20-14-11-13-17-25(3)35(47)34-30(45)21-23-44-41(34)51/h8,10-21,23,27-29,31-33,36-39,46,48-49,52H,9,22,24H2,1-7H3,(H,43,50)(H2,44,45,51)/b10-8-,13-11+,16-15+,19-12+,20-14+,25-17+,26-18+/t27-,28+,29+,31?,32-,33+,36-,37-,38+,39-,42+/m0/s1. The second-order valence-electron chi connectivity index (χ2n) is 14.1. The summed E-state index contributed by atoms with van der Waals surface area (Å²) in [6.45, 7) is 10.9. The fourth-order valence-corrected chi connectivity index (χ4v) is 6.90. The number of methoxy groups -OCH3 is 1. The number of aromatic nitrogens is 1. The average Bonchev–Trinajstić information content (AvgIpc) is 3.42. The molecule has 302 valence electrons. The molecule has 0 bridgehead atoms. The number of Topliss-reactive ketones (excluding diaryl/α,β-unsaturated/α-hetero) is 1. The molecule has 1 aromatic rings. The lowest BCUT2D eigenvalue weighted by Gasteiger charge is -2.45. The van der Waals surface area contributed by atoms with Gasteiger partial charge in [0.1, 0.15) is 29.6 Å². The van der Waals surface area contributed by atoms with E-state index in [1.807, 2.05) is 45.9 Å². The number of ketones is 1. The average molecular weight is 767 g/mol. The van der Waals surface area contributed by atoms with E-state index in [9.17, 15) is 39.9 Å². The number of aliphatic hydroxyl groups is 4. The molecule has 2 aliphatic rings. The summed E-state index contributed by atoms with van der Waals surface area (Å²) >= 11 is 0. The maximum absolute atomic E-state index is 13.2. The Kier molecular flexibility index (Phi) is 17.4. The number of carbonyl (C=O) groups excluding carboxylic acids is 2. The lowest BCUT2D eigenvalue weighted by atomic mass is 9.81. The zero-order chi connectivity index (χ0) is 40.9. The van der Waals surface area contributed by atoms with Gasteiger partial charge < -0.3 is 50.0 Å². The summed E-state index contributed by atoms with van der Waals surface area (Å²) in [4.78, 5) is 40.1. The molecule has 0 aliphatic carbocycles. The lowest BCUT2D eigenvalue weighted by Crippen LogP contribution is -2.57. The summed E-state index contributed by atoms with van der Waals surface area (Å²) < 4.78 is 17.8. The number of aromatic amines is 1. The number of aromatic hydroxyl groups is 1. The van der Waals surface area contributed by atoms with Crippen LogP contribution in [0.4, 0.5) is 0 Å². The van der Waals surface area contributed by atoms with E-state index >= 15 is 0 Å². The van der Waals surface area contributed by atoms with E-state index in [1.54, 1.807) is 62.6 Å². The van der Waals surface area contributed by atoms with Gasteiger partial charge in [-0.05, 0) is 44.4 Å². The lowest BCUT2D eigenvalue weighted by molar-refractivity contribution is -0.297. The van der Waals surface area contributed by atoms with Crippen LogP contribution in [0.5, 0.6) is 5.75 Å². The minimum absolute atomic E-state index is 0.0821. The minimum atomic E-state index is -1.83. The van der Waals surface area contributed by atoms with E-state index in [0.717, 1.165) is 5.57 Å². The number of nitrogens with one attached hydrogen (secondary N) is 2. The van der Waals surface area contributed by atoms with Gasteiger partial charge in [0.2, 0.25) is 5.91 Å². The van der Waals surface area contributed by atoms with Gasteiger partial charge >= 0.3 is 0 Å². The molecule has 3 rings (SSSR count). The van der Waals surface area contributed by atoms with Gasteiger partial charge in [-0.3, -0.25) is 14.4 Å². The summed E-state index contributed by atoms with van der Waals surface area (Å²) in [6, 6.07) is 1.22. The van der Waals surface area contributed by atoms with Gasteiger partial charge in [-0.25, -0.2) is 0 Å². The number of allylic oxidation sites excluding steroid dienone is 10. The normalized spacial score (nSPS) is 29.9. The molecule has 13 nitrogen and oxygen atoms in total. The van der Waals surface area contributed by atoms with Crippen LogP contribution in [0, 0.1) is 17.8 Å². The van der Waals surface area contributed by atoms with Gasteiger partial charge in [-0.2, -0.15) is 0 Å². The van der Waals surface area contributed by atoms with E-state index in [2.05, 4.69) is 10.3 Å². The maximum Gasteiger partial charge on any atom is 0.262 e. The third kappa shape index (κ3) is 11.7. The molecule has 0 spiro atoms. The van der Waals surface area contributed by atoms with Crippen LogP contribution in [0.3, 0.4) is 0 Å². The summed E-state index contributed by atoms with van der Waals surface area (Å²) in [5, 5.41) is 56.4.